The van der Waals surface area contributed by atoms with Crippen molar-refractivity contribution < 1.29 is 4.74 Å². The van der Waals surface area contributed by atoms with Gasteiger partial charge in [-0.2, -0.15) is 0 Å². The molecule has 1 aromatic rings. The zero-order valence-electron chi connectivity index (χ0n) is 11.6. The van der Waals surface area contributed by atoms with Gasteiger partial charge in [-0.15, -0.1) is 0 Å². The maximum absolute atomic E-state index is 5.83. The first-order valence-electron chi connectivity index (χ1n) is 6.80. The molecule has 0 aliphatic rings. The zero-order chi connectivity index (χ0) is 13.4. The number of likely N-dealkylation sites (N-methyl/N-ethyl adjacent to an activating group) is 1. The summed E-state index contributed by atoms with van der Waals surface area (Å²) in [7, 11) is 0. The lowest BCUT2D eigenvalue weighted by Gasteiger charge is -2.27. The topological polar surface area (TPSA) is 21.3 Å². The van der Waals surface area contributed by atoms with Crippen LogP contribution in [0.5, 0.6) is 0 Å². The molecule has 0 bridgehead atoms. The third-order valence-corrected chi connectivity index (χ3v) is 3.54. The van der Waals surface area contributed by atoms with Crippen molar-refractivity contribution in [3.8, 4) is 0 Å². The first-order valence-corrected chi connectivity index (χ1v) is 7.59. The van der Waals surface area contributed by atoms with E-state index in [1.165, 1.54) is 5.56 Å². The lowest BCUT2D eigenvalue weighted by Crippen LogP contribution is -2.42. The number of rotatable bonds is 8. The summed E-state index contributed by atoms with van der Waals surface area (Å²) in [5.74, 6) is 0. The minimum atomic E-state index is 0.286. The summed E-state index contributed by atoms with van der Waals surface area (Å²) in [4.78, 5) is 0. The second kappa shape index (κ2) is 8.68. The van der Waals surface area contributed by atoms with Crippen LogP contribution in [-0.4, -0.2) is 25.3 Å². The fraction of sp³-hybridized carbons (Fsp3) is 0.600. The molecule has 0 spiro atoms. The molecule has 102 valence electrons. The van der Waals surface area contributed by atoms with E-state index in [0.717, 1.165) is 30.5 Å². The highest BCUT2D eigenvalue weighted by atomic mass is 79.9. The molecule has 1 aromatic carbocycles. The van der Waals surface area contributed by atoms with Crippen molar-refractivity contribution in [1.29, 1.82) is 0 Å². The standard InChI is InChI=1S/C15H24BrNO/c1-4-15(18-6-3)14(17-5-2)11-12-8-7-9-13(16)10-12/h7-10,14-15,17H,4-6,11H2,1-3H3. The summed E-state index contributed by atoms with van der Waals surface area (Å²) >= 11 is 3.52. The molecule has 3 heteroatoms. The third-order valence-electron chi connectivity index (χ3n) is 3.04. The molecule has 0 aliphatic heterocycles. The van der Waals surface area contributed by atoms with Gasteiger partial charge < -0.3 is 10.1 Å². The van der Waals surface area contributed by atoms with E-state index >= 15 is 0 Å². The van der Waals surface area contributed by atoms with Crippen LogP contribution >= 0.6 is 15.9 Å². The second-order valence-corrected chi connectivity index (χ2v) is 5.32. The Labute approximate surface area is 119 Å². The Morgan fingerprint density at radius 3 is 2.61 bits per heavy atom. The number of hydrogen-bond acceptors (Lipinski definition) is 2. The van der Waals surface area contributed by atoms with Crippen molar-refractivity contribution in [2.24, 2.45) is 0 Å². The van der Waals surface area contributed by atoms with Crippen LogP contribution in [0.2, 0.25) is 0 Å². The van der Waals surface area contributed by atoms with E-state index in [0.29, 0.717) is 6.04 Å². The first-order chi connectivity index (χ1) is 8.71. The predicted octanol–water partition coefficient (Wildman–Crippen LogP) is 3.78. The Morgan fingerprint density at radius 1 is 1.28 bits per heavy atom. The van der Waals surface area contributed by atoms with E-state index in [9.17, 15) is 0 Å². The SMILES string of the molecule is CCNC(Cc1cccc(Br)c1)C(CC)OCC. The molecule has 18 heavy (non-hydrogen) atoms. The highest BCUT2D eigenvalue weighted by molar-refractivity contribution is 9.10. The molecule has 0 aliphatic carbocycles. The minimum Gasteiger partial charge on any atom is -0.377 e. The molecule has 0 amide bonds. The Hall–Kier alpha value is -0.380. The van der Waals surface area contributed by atoms with Crippen molar-refractivity contribution in [3.63, 3.8) is 0 Å². The van der Waals surface area contributed by atoms with E-state index in [4.69, 9.17) is 4.74 Å². The Kier molecular flexibility index (Phi) is 7.56. The van der Waals surface area contributed by atoms with Crippen molar-refractivity contribution in [2.75, 3.05) is 13.2 Å². The molecular formula is C15H24BrNO. The zero-order valence-corrected chi connectivity index (χ0v) is 13.2. The normalized spacial score (nSPS) is 14.4. The van der Waals surface area contributed by atoms with Gasteiger partial charge in [0.25, 0.3) is 0 Å². The van der Waals surface area contributed by atoms with Crippen molar-refractivity contribution in [2.45, 2.75) is 45.8 Å². The Morgan fingerprint density at radius 2 is 2.06 bits per heavy atom. The fourth-order valence-corrected chi connectivity index (χ4v) is 2.69. The third kappa shape index (κ3) is 5.09. The number of nitrogens with one attached hydrogen (secondary N) is 1. The van der Waals surface area contributed by atoms with Crippen LogP contribution in [0.3, 0.4) is 0 Å². The summed E-state index contributed by atoms with van der Waals surface area (Å²) < 4.78 is 6.97. The molecule has 0 saturated carbocycles. The number of hydrogen-bond donors (Lipinski definition) is 1. The quantitative estimate of drug-likeness (QED) is 0.788. The maximum Gasteiger partial charge on any atom is 0.0728 e. The van der Waals surface area contributed by atoms with E-state index < -0.39 is 0 Å². The van der Waals surface area contributed by atoms with Gasteiger partial charge in [-0.25, -0.2) is 0 Å². The van der Waals surface area contributed by atoms with E-state index in [1.54, 1.807) is 0 Å². The summed E-state index contributed by atoms with van der Waals surface area (Å²) in [6, 6.07) is 8.89. The summed E-state index contributed by atoms with van der Waals surface area (Å²) in [6.45, 7) is 8.14. The van der Waals surface area contributed by atoms with E-state index in [2.05, 4.69) is 66.3 Å². The number of ether oxygens (including phenoxy) is 1. The van der Waals surface area contributed by atoms with E-state index in [1.807, 2.05) is 0 Å². The predicted molar refractivity (Wildman–Crippen MR) is 81.0 cm³/mol. The molecule has 0 heterocycles. The van der Waals surface area contributed by atoms with Crippen LogP contribution in [0.15, 0.2) is 28.7 Å². The summed E-state index contributed by atoms with van der Waals surface area (Å²) in [5.41, 5.74) is 1.34. The average molecular weight is 314 g/mol. The maximum atomic E-state index is 5.83. The Bertz CT molecular complexity index is 343. The van der Waals surface area contributed by atoms with Gasteiger partial charge in [-0.1, -0.05) is 41.9 Å². The largest absolute Gasteiger partial charge is 0.377 e. The van der Waals surface area contributed by atoms with Crippen molar-refractivity contribution in [1.82, 2.24) is 5.32 Å². The van der Waals surface area contributed by atoms with Crippen LogP contribution in [0.4, 0.5) is 0 Å². The molecule has 2 unspecified atom stereocenters. The van der Waals surface area contributed by atoms with Crippen LogP contribution < -0.4 is 5.32 Å². The lowest BCUT2D eigenvalue weighted by atomic mass is 9.99. The van der Waals surface area contributed by atoms with Crippen LogP contribution in [0.25, 0.3) is 0 Å². The average Bonchev–Trinajstić information content (AvgIpc) is 2.35. The van der Waals surface area contributed by atoms with Crippen molar-refractivity contribution >= 4 is 15.9 Å². The summed E-state index contributed by atoms with van der Waals surface area (Å²) in [5, 5.41) is 3.55. The molecule has 0 radical (unpaired) electrons. The molecule has 1 rings (SSSR count). The fourth-order valence-electron chi connectivity index (χ4n) is 2.25. The molecule has 0 aromatic heterocycles. The molecule has 2 nitrogen and oxygen atoms in total. The van der Waals surface area contributed by atoms with Gasteiger partial charge in [0.2, 0.25) is 0 Å². The highest BCUT2D eigenvalue weighted by Gasteiger charge is 2.19. The minimum absolute atomic E-state index is 0.286. The van der Waals surface area contributed by atoms with Gasteiger partial charge in [0.15, 0.2) is 0 Å². The molecule has 0 fully saturated rings. The van der Waals surface area contributed by atoms with Gasteiger partial charge in [0.1, 0.15) is 0 Å². The van der Waals surface area contributed by atoms with E-state index in [-0.39, 0.29) is 6.10 Å². The highest BCUT2D eigenvalue weighted by Crippen LogP contribution is 2.16. The van der Waals surface area contributed by atoms with Gasteiger partial charge in [0.05, 0.1) is 6.10 Å². The molecular weight excluding hydrogens is 290 g/mol. The van der Waals surface area contributed by atoms with Crippen LogP contribution in [-0.2, 0) is 11.2 Å². The van der Waals surface area contributed by atoms with Gasteiger partial charge in [-0.05, 0) is 44.0 Å². The molecule has 0 saturated heterocycles. The first kappa shape index (κ1) is 15.7. The monoisotopic (exact) mass is 313 g/mol. The smallest absolute Gasteiger partial charge is 0.0728 e. The lowest BCUT2D eigenvalue weighted by molar-refractivity contribution is 0.0323. The van der Waals surface area contributed by atoms with Crippen LogP contribution in [0, 0.1) is 0 Å². The van der Waals surface area contributed by atoms with Crippen molar-refractivity contribution in [3.05, 3.63) is 34.3 Å². The number of halogens is 1. The van der Waals surface area contributed by atoms with Gasteiger partial charge in [-0.3, -0.25) is 0 Å². The summed E-state index contributed by atoms with van der Waals surface area (Å²) in [6.07, 6.45) is 2.33. The Balaban J connectivity index is 2.72. The molecule has 1 N–H and O–H groups in total. The van der Waals surface area contributed by atoms with Gasteiger partial charge >= 0.3 is 0 Å². The van der Waals surface area contributed by atoms with Crippen LogP contribution in [0.1, 0.15) is 32.8 Å². The second-order valence-electron chi connectivity index (χ2n) is 4.40. The molecule has 2 atom stereocenters. The number of benzene rings is 1. The van der Waals surface area contributed by atoms with Gasteiger partial charge in [0, 0.05) is 17.1 Å².